The molecule has 0 unspecified atom stereocenters. The van der Waals surface area contributed by atoms with Crippen LogP contribution in [-0.2, 0) is 0 Å². The van der Waals surface area contributed by atoms with E-state index in [0.717, 1.165) is 4.47 Å². The fourth-order valence-corrected chi connectivity index (χ4v) is 0.978. The normalized spacial score (nSPS) is 9.50. The first-order chi connectivity index (χ1) is 4.74. The predicted octanol–water partition coefficient (Wildman–Crippen LogP) is 2.30. The van der Waals surface area contributed by atoms with Crippen molar-refractivity contribution in [2.45, 2.75) is 0 Å². The standard InChI is InChI=1S/C5H4BrClN2O/c6-3-1-4(9-10)5(7)8-2-3/h1-2,9-10H. The molecular weight excluding hydrogens is 219 g/mol. The minimum absolute atomic E-state index is 0.241. The van der Waals surface area contributed by atoms with Crippen molar-refractivity contribution in [1.82, 2.24) is 4.98 Å². The van der Waals surface area contributed by atoms with Gasteiger partial charge in [-0.2, -0.15) is 0 Å². The van der Waals surface area contributed by atoms with Crippen molar-refractivity contribution in [2.24, 2.45) is 0 Å². The van der Waals surface area contributed by atoms with Crippen molar-refractivity contribution < 1.29 is 5.21 Å². The molecule has 0 saturated heterocycles. The van der Waals surface area contributed by atoms with Crippen LogP contribution in [0.15, 0.2) is 16.7 Å². The molecule has 2 N–H and O–H groups in total. The summed E-state index contributed by atoms with van der Waals surface area (Å²) in [5, 5.41) is 8.69. The van der Waals surface area contributed by atoms with Crippen LogP contribution in [-0.4, -0.2) is 10.2 Å². The average molecular weight is 223 g/mol. The molecule has 0 aliphatic carbocycles. The van der Waals surface area contributed by atoms with Gasteiger partial charge < -0.3 is 0 Å². The molecule has 0 spiro atoms. The molecule has 0 aromatic carbocycles. The molecule has 1 aromatic rings. The Morgan fingerprint density at radius 2 is 2.40 bits per heavy atom. The Balaban J connectivity index is 3.09. The number of hydrogen-bond donors (Lipinski definition) is 2. The van der Waals surface area contributed by atoms with E-state index in [2.05, 4.69) is 20.9 Å². The van der Waals surface area contributed by atoms with Crippen LogP contribution in [0.4, 0.5) is 5.69 Å². The molecule has 1 heterocycles. The van der Waals surface area contributed by atoms with Gasteiger partial charge in [0.2, 0.25) is 0 Å². The molecule has 5 heteroatoms. The summed E-state index contributed by atoms with van der Waals surface area (Å²) in [6.07, 6.45) is 1.54. The maximum atomic E-state index is 8.45. The summed E-state index contributed by atoms with van der Waals surface area (Å²) in [6.45, 7) is 0. The first kappa shape index (κ1) is 7.78. The Labute approximate surface area is 71.1 Å². The number of pyridine rings is 1. The molecule has 0 aliphatic heterocycles. The molecule has 0 radical (unpaired) electrons. The van der Waals surface area contributed by atoms with Crippen LogP contribution in [0.3, 0.4) is 0 Å². The van der Waals surface area contributed by atoms with Crippen LogP contribution in [0.25, 0.3) is 0 Å². The molecule has 0 aliphatic rings. The van der Waals surface area contributed by atoms with Crippen molar-refractivity contribution in [1.29, 1.82) is 0 Å². The molecular formula is C5H4BrClN2O. The first-order valence-corrected chi connectivity index (χ1v) is 3.62. The fourth-order valence-electron chi connectivity index (χ4n) is 0.501. The highest BCUT2D eigenvalue weighted by molar-refractivity contribution is 9.10. The lowest BCUT2D eigenvalue weighted by molar-refractivity contribution is 0.388. The maximum absolute atomic E-state index is 8.45. The van der Waals surface area contributed by atoms with Crippen molar-refractivity contribution in [2.75, 3.05) is 5.48 Å². The van der Waals surface area contributed by atoms with Crippen molar-refractivity contribution in [3.8, 4) is 0 Å². The third-order valence-corrected chi connectivity index (χ3v) is 1.66. The lowest BCUT2D eigenvalue weighted by Gasteiger charge is -1.99. The summed E-state index contributed by atoms with van der Waals surface area (Å²) in [6, 6.07) is 1.62. The van der Waals surface area contributed by atoms with Crippen LogP contribution < -0.4 is 5.48 Å². The van der Waals surface area contributed by atoms with Gasteiger partial charge in [0.05, 0.1) is 5.69 Å². The van der Waals surface area contributed by atoms with Crippen LogP contribution >= 0.6 is 27.5 Å². The second-order valence-corrected chi connectivity index (χ2v) is 2.88. The fraction of sp³-hybridized carbons (Fsp3) is 0. The summed E-state index contributed by atoms with van der Waals surface area (Å²) >= 11 is 8.71. The molecule has 0 fully saturated rings. The van der Waals surface area contributed by atoms with Gasteiger partial charge in [-0.1, -0.05) is 11.6 Å². The summed E-state index contributed by atoms with van der Waals surface area (Å²) in [5.41, 5.74) is 2.30. The monoisotopic (exact) mass is 222 g/mol. The number of halogens is 2. The Kier molecular flexibility index (Phi) is 2.48. The van der Waals surface area contributed by atoms with E-state index in [0.29, 0.717) is 5.69 Å². The third-order valence-electron chi connectivity index (χ3n) is 0.926. The van der Waals surface area contributed by atoms with Crippen LogP contribution in [0.2, 0.25) is 5.15 Å². The molecule has 10 heavy (non-hydrogen) atoms. The minimum Gasteiger partial charge on any atom is -0.291 e. The highest BCUT2D eigenvalue weighted by atomic mass is 79.9. The molecule has 1 rings (SSSR count). The molecule has 0 saturated carbocycles. The van der Waals surface area contributed by atoms with E-state index in [1.165, 1.54) is 0 Å². The van der Waals surface area contributed by atoms with E-state index in [4.69, 9.17) is 16.8 Å². The lowest BCUT2D eigenvalue weighted by Crippen LogP contribution is -1.91. The molecule has 0 atom stereocenters. The smallest absolute Gasteiger partial charge is 0.154 e. The van der Waals surface area contributed by atoms with Gasteiger partial charge in [-0.15, -0.1) is 0 Å². The Morgan fingerprint density at radius 3 is 2.90 bits per heavy atom. The Bertz CT molecular complexity index is 243. The Hall–Kier alpha value is -0.320. The van der Waals surface area contributed by atoms with Crippen LogP contribution in [0.1, 0.15) is 0 Å². The van der Waals surface area contributed by atoms with E-state index in [-0.39, 0.29) is 5.15 Å². The average Bonchev–Trinajstić information content (AvgIpc) is 1.94. The SMILES string of the molecule is ONc1cc(Br)cnc1Cl. The molecule has 0 bridgehead atoms. The lowest BCUT2D eigenvalue weighted by atomic mass is 10.4. The third kappa shape index (κ3) is 1.59. The number of anilines is 1. The largest absolute Gasteiger partial charge is 0.291 e. The molecule has 1 aromatic heterocycles. The van der Waals surface area contributed by atoms with Crippen molar-refractivity contribution in [3.05, 3.63) is 21.9 Å². The van der Waals surface area contributed by atoms with Gasteiger partial charge in [0, 0.05) is 10.7 Å². The second kappa shape index (κ2) is 3.18. The summed E-state index contributed by atoms with van der Waals surface area (Å²) < 4.78 is 0.758. The van der Waals surface area contributed by atoms with Crippen molar-refractivity contribution >= 4 is 33.2 Å². The van der Waals surface area contributed by atoms with Gasteiger partial charge in [0.1, 0.15) is 0 Å². The zero-order valence-corrected chi connectivity index (χ0v) is 7.15. The number of rotatable bonds is 1. The number of nitrogens with zero attached hydrogens (tertiary/aromatic N) is 1. The summed E-state index contributed by atoms with van der Waals surface area (Å²) in [5.74, 6) is 0. The first-order valence-electron chi connectivity index (χ1n) is 2.45. The summed E-state index contributed by atoms with van der Waals surface area (Å²) in [4.78, 5) is 3.75. The molecule has 3 nitrogen and oxygen atoms in total. The number of hydrogen-bond acceptors (Lipinski definition) is 3. The van der Waals surface area contributed by atoms with Crippen LogP contribution in [0, 0.1) is 0 Å². The summed E-state index contributed by atoms with van der Waals surface area (Å²) in [7, 11) is 0. The van der Waals surface area contributed by atoms with Gasteiger partial charge in [-0.3, -0.25) is 10.7 Å². The van der Waals surface area contributed by atoms with Crippen LogP contribution in [0.5, 0.6) is 0 Å². The quantitative estimate of drug-likeness (QED) is 0.567. The number of aromatic nitrogens is 1. The highest BCUT2D eigenvalue weighted by Gasteiger charge is 1.98. The zero-order chi connectivity index (χ0) is 7.56. The van der Waals surface area contributed by atoms with Gasteiger partial charge in [0.15, 0.2) is 5.15 Å². The van der Waals surface area contributed by atoms with E-state index < -0.39 is 0 Å². The van der Waals surface area contributed by atoms with Gasteiger partial charge in [-0.25, -0.2) is 4.98 Å². The highest BCUT2D eigenvalue weighted by Crippen LogP contribution is 2.21. The predicted molar refractivity (Wildman–Crippen MR) is 42.4 cm³/mol. The zero-order valence-electron chi connectivity index (χ0n) is 4.81. The van der Waals surface area contributed by atoms with E-state index in [1.807, 2.05) is 5.48 Å². The topological polar surface area (TPSA) is 45.1 Å². The second-order valence-electron chi connectivity index (χ2n) is 1.60. The maximum Gasteiger partial charge on any atom is 0.154 e. The van der Waals surface area contributed by atoms with E-state index in [1.54, 1.807) is 12.3 Å². The minimum atomic E-state index is 0.241. The number of nitrogens with one attached hydrogen (secondary N) is 1. The van der Waals surface area contributed by atoms with Gasteiger partial charge in [0.25, 0.3) is 0 Å². The van der Waals surface area contributed by atoms with Gasteiger partial charge >= 0.3 is 0 Å². The van der Waals surface area contributed by atoms with Gasteiger partial charge in [-0.05, 0) is 22.0 Å². The molecule has 0 amide bonds. The Morgan fingerprint density at radius 1 is 1.70 bits per heavy atom. The molecule has 54 valence electrons. The van der Waals surface area contributed by atoms with E-state index in [9.17, 15) is 0 Å². The van der Waals surface area contributed by atoms with E-state index >= 15 is 0 Å². The van der Waals surface area contributed by atoms with Crippen molar-refractivity contribution in [3.63, 3.8) is 0 Å².